The molecule has 0 spiro atoms. The monoisotopic (exact) mass is 548 g/mol. The van der Waals surface area contributed by atoms with Gasteiger partial charge < -0.3 is 14.7 Å². The highest BCUT2D eigenvalue weighted by Gasteiger charge is 2.20. The topological polar surface area (TPSA) is 103 Å². The fourth-order valence-corrected chi connectivity index (χ4v) is 4.06. The molecule has 1 fully saturated rings. The van der Waals surface area contributed by atoms with E-state index < -0.39 is 10.0 Å². The number of aromatic nitrogens is 1. The number of hydrogen-bond donors (Lipinski definition) is 2. The van der Waals surface area contributed by atoms with Gasteiger partial charge in [-0.3, -0.25) is 9.89 Å². The average Bonchev–Trinajstić information content (AvgIpc) is 3.24. The van der Waals surface area contributed by atoms with Crippen LogP contribution in [0.5, 0.6) is 0 Å². The van der Waals surface area contributed by atoms with Gasteiger partial charge in [0.1, 0.15) is 6.26 Å². The molecule has 0 aliphatic carbocycles. The molecule has 9 nitrogen and oxygen atoms in total. The molecule has 0 unspecified atom stereocenters. The van der Waals surface area contributed by atoms with E-state index in [0.717, 1.165) is 49.9 Å². The Morgan fingerprint density at radius 1 is 1.17 bits per heavy atom. The molecule has 0 saturated carbocycles. The van der Waals surface area contributed by atoms with Crippen LogP contribution in [0.3, 0.4) is 0 Å². The average molecular weight is 548 g/mol. The predicted molar refractivity (Wildman–Crippen MR) is 127 cm³/mol. The summed E-state index contributed by atoms with van der Waals surface area (Å²) >= 11 is 0. The molecule has 0 bridgehead atoms. The second kappa shape index (κ2) is 12.2. The Morgan fingerprint density at radius 3 is 2.53 bits per heavy atom. The maximum Gasteiger partial charge on any atom is 0.213 e. The van der Waals surface area contributed by atoms with Gasteiger partial charge in [-0.25, -0.2) is 13.1 Å². The Balaban J connectivity index is 0.00000320. The molecule has 11 heteroatoms. The largest absolute Gasteiger partial charge is 0.364 e. The second-order valence-electron chi connectivity index (χ2n) is 6.85. The lowest BCUT2D eigenvalue weighted by Gasteiger charge is -2.36. The number of aliphatic imine (C=N–C) groups is 1. The van der Waals surface area contributed by atoms with Crippen molar-refractivity contribution in [3.8, 4) is 0 Å². The van der Waals surface area contributed by atoms with Crippen LogP contribution in [0.4, 0.5) is 0 Å². The number of benzene rings is 1. The molecule has 0 amide bonds. The zero-order valence-corrected chi connectivity index (χ0v) is 20.2. The summed E-state index contributed by atoms with van der Waals surface area (Å²) in [7, 11) is -1.65. The van der Waals surface area contributed by atoms with Crippen LogP contribution in [-0.4, -0.2) is 74.9 Å². The first-order valence-electron chi connectivity index (χ1n) is 9.64. The van der Waals surface area contributed by atoms with Crippen molar-refractivity contribution in [3.63, 3.8) is 0 Å². The van der Waals surface area contributed by atoms with Crippen molar-refractivity contribution in [2.75, 3.05) is 45.5 Å². The molecule has 1 saturated heterocycles. The highest BCUT2D eigenvalue weighted by Crippen LogP contribution is 2.07. The minimum Gasteiger partial charge on any atom is -0.364 e. The molecular weight excluding hydrogens is 519 g/mol. The summed E-state index contributed by atoms with van der Waals surface area (Å²) in [5, 5.41) is 7.11. The van der Waals surface area contributed by atoms with Gasteiger partial charge in [-0.15, -0.1) is 24.0 Å². The molecule has 1 aromatic carbocycles. The third-order valence-corrected chi connectivity index (χ3v) is 6.08. The first kappa shape index (κ1) is 24.6. The van der Waals surface area contributed by atoms with E-state index in [1.54, 1.807) is 13.3 Å². The van der Waals surface area contributed by atoms with Gasteiger partial charge in [0.2, 0.25) is 10.0 Å². The summed E-state index contributed by atoms with van der Waals surface area (Å²) < 4.78 is 31.9. The maximum atomic E-state index is 12.2. The van der Waals surface area contributed by atoms with E-state index in [1.807, 2.05) is 36.4 Å². The van der Waals surface area contributed by atoms with Gasteiger partial charge >= 0.3 is 0 Å². The fourth-order valence-electron chi connectivity index (χ4n) is 3.16. The molecule has 1 aliphatic rings. The van der Waals surface area contributed by atoms with Crippen molar-refractivity contribution < 1.29 is 12.9 Å². The number of sulfonamides is 1. The van der Waals surface area contributed by atoms with Crippen LogP contribution in [0.25, 0.3) is 0 Å². The second-order valence-corrected chi connectivity index (χ2v) is 8.78. The van der Waals surface area contributed by atoms with Crippen molar-refractivity contribution >= 4 is 40.0 Å². The highest BCUT2D eigenvalue weighted by molar-refractivity contribution is 14.0. The number of guanidine groups is 1. The Bertz CT molecular complexity index is 869. The van der Waals surface area contributed by atoms with Crippen LogP contribution >= 0.6 is 24.0 Å². The quantitative estimate of drug-likeness (QED) is 0.290. The molecule has 30 heavy (non-hydrogen) atoms. The van der Waals surface area contributed by atoms with Crippen LogP contribution in [0.2, 0.25) is 0 Å². The lowest BCUT2D eigenvalue weighted by Crippen LogP contribution is -2.52. The summed E-state index contributed by atoms with van der Waals surface area (Å²) in [5.41, 5.74) is 1.86. The van der Waals surface area contributed by atoms with Crippen molar-refractivity contribution in [1.29, 1.82) is 0 Å². The first-order chi connectivity index (χ1) is 14.1. The number of rotatable bonds is 8. The minimum atomic E-state index is -3.36. The van der Waals surface area contributed by atoms with Crippen molar-refractivity contribution in [2.24, 2.45) is 4.99 Å². The molecule has 2 heterocycles. The van der Waals surface area contributed by atoms with E-state index in [4.69, 9.17) is 4.52 Å². The van der Waals surface area contributed by atoms with Crippen LogP contribution in [0.1, 0.15) is 11.3 Å². The van der Waals surface area contributed by atoms with E-state index in [2.05, 4.69) is 30.0 Å². The predicted octanol–water partition coefficient (Wildman–Crippen LogP) is 1.11. The third kappa shape index (κ3) is 7.85. The Morgan fingerprint density at radius 2 is 1.90 bits per heavy atom. The van der Waals surface area contributed by atoms with Crippen LogP contribution in [0, 0.1) is 0 Å². The fraction of sp³-hybridized carbons (Fsp3) is 0.474. The molecule has 0 atom stereocenters. The Hall–Kier alpha value is -1.70. The summed E-state index contributed by atoms with van der Waals surface area (Å²) in [4.78, 5) is 8.74. The van der Waals surface area contributed by atoms with Crippen molar-refractivity contribution in [1.82, 2.24) is 25.0 Å². The molecule has 2 aromatic rings. The van der Waals surface area contributed by atoms with Gasteiger partial charge in [0.05, 0.1) is 11.4 Å². The molecule has 3 rings (SSSR count). The van der Waals surface area contributed by atoms with Crippen LogP contribution in [0.15, 0.2) is 52.2 Å². The maximum absolute atomic E-state index is 12.2. The SMILES string of the molecule is CN=C(NCCS(=O)(=O)NCc1ccccc1)N1CCN(Cc2ccon2)CC1.I. The molecule has 166 valence electrons. The summed E-state index contributed by atoms with van der Waals surface area (Å²) in [6.45, 7) is 4.76. The van der Waals surface area contributed by atoms with E-state index in [-0.39, 0.29) is 29.7 Å². The number of nitrogens with one attached hydrogen (secondary N) is 2. The number of nitrogens with zero attached hydrogens (tertiary/aromatic N) is 4. The van der Waals surface area contributed by atoms with Gasteiger partial charge in [-0.1, -0.05) is 35.5 Å². The summed E-state index contributed by atoms with van der Waals surface area (Å²) in [6.07, 6.45) is 1.58. The molecule has 2 N–H and O–H groups in total. The van der Waals surface area contributed by atoms with Gasteiger partial charge in [0.15, 0.2) is 5.96 Å². The minimum absolute atomic E-state index is 0. The summed E-state index contributed by atoms with van der Waals surface area (Å²) in [5.74, 6) is 0.717. The van der Waals surface area contributed by atoms with Gasteiger partial charge in [-0.05, 0) is 5.56 Å². The Kier molecular flexibility index (Phi) is 10.0. The lowest BCUT2D eigenvalue weighted by atomic mass is 10.2. The molecule has 1 aliphatic heterocycles. The molecule has 0 radical (unpaired) electrons. The Labute approximate surface area is 195 Å². The highest BCUT2D eigenvalue weighted by atomic mass is 127. The zero-order chi connectivity index (χ0) is 20.5. The van der Waals surface area contributed by atoms with Crippen LogP contribution in [-0.2, 0) is 23.1 Å². The van der Waals surface area contributed by atoms with E-state index in [0.29, 0.717) is 13.1 Å². The van der Waals surface area contributed by atoms with Crippen molar-refractivity contribution in [3.05, 3.63) is 53.9 Å². The first-order valence-corrected chi connectivity index (χ1v) is 11.3. The van der Waals surface area contributed by atoms with Gasteiger partial charge in [-0.2, -0.15) is 0 Å². The van der Waals surface area contributed by atoms with Crippen LogP contribution < -0.4 is 10.0 Å². The standard InChI is InChI=1S/C19H28N6O3S.HI/c1-20-19(25-11-9-24(10-12-25)16-18-7-13-28-23-18)21-8-14-29(26,27)22-15-17-5-3-2-4-6-17;/h2-7,13,22H,8-12,14-16H2,1H3,(H,20,21);1H. The summed E-state index contributed by atoms with van der Waals surface area (Å²) in [6, 6.07) is 11.3. The smallest absolute Gasteiger partial charge is 0.213 e. The van der Waals surface area contributed by atoms with Gasteiger partial charge in [0.25, 0.3) is 0 Å². The number of piperazine rings is 1. The van der Waals surface area contributed by atoms with E-state index >= 15 is 0 Å². The van der Waals surface area contributed by atoms with E-state index in [1.165, 1.54) is 0 Å². The molecular formula is C19H29IN6O3S. The number of halogens is 1. The number of hydrogen-bond acceptors (Lipinski definition) is 6. The van der Waals surface area contributed by atoms with Gasteiger partial charge in [0, 0.05) is 58.9 Å². The zero-order valence-electron chi connectivity index (χ0n) is 17.0. The lowest BCUT2D eigenvalue weighted by molar-refractivity contribution is 0.169. The molecule has 1 aromatic heterocycles. The van der Waals surface area contributed by atoms with Crippen molar-refractivity contribution in [2.45, 2.75) is 13.1 Å². The normalized spacial score (nSPS) is 15.6. The third-order valence-electron chi connectivity index (χ3n) is 4.75. The van der Waals surface area contributed by atoms with E-state index in [9.17, 15) is 8.42 Å².